The first-order chi connectivity index (χ1) is 11.5. The maximum absolute atomic E-state index is 12.4. The van der Waals surface area contributed by atoms with Gasteiger partial charge in [0.25, 0.3) is 0 Å². The quantitative estimate of drug-likeness (QED) is 0.781. The molecule has 0 spiro atoms. The molecule has 0 atom stereocenters. The van der Waals surface area contributed by atoms with Crippen LogP contribution < -0.4 is 4.90 Å². The highest BCUT2D eigenvalue weighted by atomic mass is 32.2. The molecular weight excluding hydrogens is 328 g/mol. The number of hydrogen-bond acceptors (Lipinski definition) is 6. The van der Waals surface area contributed by atoms with Gasteiger partial charge in [-0.15, -0.1) is 0 Å². The van der Waals surface area contributed by atoms with Crippen LogP contribution in [-0.4, -0.2) is 21.5 Å². The minimum absolute atomic E-state index is 0.0705. The number of allylic oxidation sites excluding steroid dienone is 1. The summed E-state index contributed by atoms with van der Waals surface area (Å²) in [6.45, 7) is 0. The SMILES string of the molecule is COC(=O)c1ccc(N2C=C(C#N)S(=O)(=O)c3ccccc32)cc1. The molecule has 0 unspecified atom stereocenters. The highest BCUT2D eigenvalue weighted by molar-refractivity contribution is 7.95. The lowest BCUT2D eigenvalue weighted by molar-refractivity contribution is 0.0600. The zero-order valence-electron chi connectivity index (χ0n) is 12.6. The van der Waals surface area contributed by atoms with E-state index in [9.17, 15) is 18.5 Å². The minimum atomic E-state index is -3.82. The van der Waals surface area contributed by atoms with Crippen LogP contribution in [0.3, 0.4) is 0 Å². The van der Waals surface area contributed by atoms with E-state index < -0.39 is 15.8 Å². The number of rotatable bonds is 2. The van der Waals surface area contributed by atoms with Gasteiger partial charge in [0.2, 0.25) is 9.84 Å². The third-order valence-electron chi connectivity index (χ3n) is 3.63. The molecule has 6 nitrogen and oxygen atoms in total. The number of sulfone groups is 1. The van der Waals surface area contributed by atoms with Crippen molar-refractivity contribution in [2.24, 2.45) is 0 Å². The first-order valence-electron chi connectivity index (χ1n) is 6.92. The van der Waals surface area contributed by atoms with Crippen LogP contribution in [0.25, 0.3) is 0 Å². The van der Waals surface area contributed by atoms with Gasteiger partial charge in [-0.25, -0.2) is 13.2 Å². The Labute approximate surface area is 139 Å². The van der Waals surface area contributed by atoms with Crippen LogP contribution in [0.4, 0.5) is 11.4 Å². The average Bonchev–Trinajstić information content (AvgIpc) is 2.61. The number of nitrogens with zero attached hydrogens (tertiary/aromatic N) is 2. The lowest BCUT2D eigenvalue weighted by Crippen LogP contribution is -2.21. The van der Waals surface area contributed by atoms with Crippen LogP contribution in [-0.2, 0) is 14.6 Å². The molecule has 0 aliphatic carbocycles. The molecule has 0 amide bonds. The zero-order valence-corrected chi connectivity index (χ0v) is 13.4. The monoisotopic (exact) mass is 340 g/mol. The van der Waals surface area contributed by atoms with Gasteiger partial charge in [-0.05, 0) is 36.4 Å². The second-order valence-electron chi connectivity index (χ2n) is 4.98. The molecule has 0 radical (unpaired) electrons. The predicted octanol–water partition coefficient (Wildman–Crippen LogP) is 2.76. The van der Waals surface area contributed by atoms with E-state index in [1.54, 1.807) is 53.4 Å². The largest absolute Gasteiger partial charge is 0.465 e. The predicted molar refractivity (Wildman–Crippen MR) is 87.2 cm³/mol. The van der Waals surface area contributed by atoms with Crippen LogP contribution in [0.5, 0.6) is 0 Å². The van der Waals surface area contributed by atoms with Gasteiger partial charge in [0.1, 0.15) is 6.07 Å². The topological polar surface area (TPSA) is 87.5 Å². The van der Waals surface area contributed by atoms with E-state index >= 15 is 0 Å². The molecule has 0 bridgehead atoms. The van der Waals surface area contributed by atoms with Crippen molar-refractivity contribution in [1.29, 1.82) is 5.26 Å². The van der Waals surface area contributed by atoms with E-state index in [1.807, 2.05) is 0 Å². The van der Waals surface area contributed by atoms with Crippen LogP contribution >= 0.6 is 0 Å². The number of carbonyl (C=O) groups excluding carboxylic acids is 1. The molecular formula is C17H12N2O4S. The Hall–Kier alpha value is -3.11. The van der Waals surface area contributed by atoms with Gasteiger partial charge >= 0.3 is 5.97 Å². The van der Waals surface area contributed by atoms with E-state index in [-0.39, 0.29) is 9.80 Å². The first-order valence-corrected chi connectivity index (χ1v) is 8.41. The summed E-state index contributed by atoms with van der Waals surface area (Å²) in [6.07, 6.45) is 1.28. The number of carbonyl (C=O) groups is 1. The number of hydrogen-bond donors (Lipinski definition) is 0. The molecule has 120 valence electrons. The molecule has 0 aromatic heterocycles. The molecule has 2 aromatic rings. The van der Waals surface area contributed by atoms with Crippen molar-refractivity contribution >= 4 is 27.2 Å². The summed E-state index contributed by atoms with van der Waals surface area (Å²) in [5, 5.41) is 9.18. The van der Waals surface area contributed by atoms with E-state index in [1.165, 1.54) is 19.4 Å². The van der Waals surface area contributed by atoms with Crippen LogP contribution in [0, 0.1) is 11.3 Å². The molecule has 0 N–H and O–H groups in total. The van der Waals surface area contributed by atoms with E-state index in [4.69, 9.17) is 0 Å². The van der Waals surface area contributed by atoms with Crippen molar-refractivity contribution in [1.82, 2.24) is 0 Å². The molecule has 0 saturated carbocycles. The van der Waals surface area contributed by atoms with Gasteiger partial charge < -0.3 is 9.64 Å². The van der Waals surface area contributed by atoms with Gasteiger partial charge in [0, 0.05) is 11.9 Å². The fraction of sp³-hybridized carbons (Fsp3) is 0.0588. The van der Waals surface area contributed by atoms with Crippen LogP contribution in [0.2, 0.25) is 0 Å². The number of methoxy groups -OCH3 is 1. The summed E-state index contributed by atoms with van der Waals surface area (Å²) >= 11 is 0. The molecule has 3 rings (SSSR count). The summed E-state index contributed by atoms with van der Waals surface area (Å²) in [4.78, 5) is 12.9. The number of para-hydroxylation sites is 1. The number of nitriles is 1. The summed E-state index contributed by atoms with van der Waals surface area (Å²) < 4.78 is 29.5. The second kappa shape index (κ2) is 5.83. The summed E-state index contributed by atoms with van der Waals surface area (Å²) in [5.74, 6) is -0.462. The molecule has 2 aromatic carbocycles. The Bertz CT molecular complexity index is 986. The second-order valence-corrected chi connectivity index (χ2v) is 6.87. The summed E-state index contributed by atoms with van der Waals surface area (Å²) in [7, 11) is -2.52. The highest BCUT2D eigenvalue weighted by Gasteiger charge is 2.31. The maximum Gasteiger partial charge on any atom is 0.337 e. The number of ether oxygens (including phenoxy) is 1. The Kier molecular flexibility index (Phi) is 3.83. The first kappa shape index (κ1) is 15.8. The van der Waals surface area contributed by atoms with Crippen LogP contribution in [0.15, 0.2) is 64.5 Å². The Balaban J connectivity index is 2.14. The van der Waals surface area contributed by atoms with E-state index in [0.717, 1.165) is 0 Å². The number of benzene rings is 2. The molecule has 0 fully saturated rings. The molecule has 1 aliphatic heterocycles. The number of fused-ring (bicyclic) bond motifs is 1. The lowest BCUT2D eigenvalue weighted by atomic mass is 10.2. The van der Waals surface area contributed by atoms with E-state index in [2.05, 4.69) is 4.74 Å². The Morgan fingerprint density at radius 3 is 2.42 bits per heavy atom. The van der Waals surface area contributed by atoms with Gasteiger partial charge in [0.05, 0.1) is 23.3 Å². The van der Waals surface area contributed by atoms with Crippen molar-refractivity contribution in [3.8, 4) is 6.07 Å². The summed E-state index contributed by atoms with van der Waals surface area (Å²) in [6, 6.07) is 14.6. The highest BCUT2D eigenvalue weighted by Crippen LogP contribution is 2.39. The van der Waals surface area contributed by atoms with Crippen molar-refractivity contribution in [2.45, 2.75) is 4.90 Å². The smallest absolute Gasteiger partial charge is 0.337 e. The fourth-order valence-electron chi connectivity index (χ4n) is 2.44. The van der Waals surface area contributed by atoms with Crippen molar-refractivity contribution < 1.29 is 17.9 Å². The van der Waals surface area contributed by atoms with Crippen molar-refractivity contribution in [3.05, 3.63) is 65.2 Å². The van der Waals surface area contributed by atoms with Crippen molar-refractivity contribution in [3.63, 3.8) is 0 Å². The van der Waals surface area contributed by atoms with Crippen LogP contribution in [0.1, 0.15) is 10.4 Å². The fourth-order valence-corrected chi connectivity index (χ4v) is 3.74. The van der Waals surface area contributed by atoms with Gasteiger partial charge in [-0.1, -0.05) is 12.1 Å². The minimum Gasteiger partial charge on any atom is -0.465 e. The summed E-state index contributed by atoms with van der Waals surface area (Å²) in [5.41, 5.74) is 1.45. The Morgan fingerprint density at radius 1 is 1.12 bits per heavy atom. The van der Waals surface area contributed by atoms with Gasteiger partial charge in [0.15, 0.2) is 4.91 Å². The molecule has 0 saturated heterocycles. The third-order valence-corrected chi connectivity index (χ3v) is 5.33. The number of esters is 1. The lowest BCUT2D eigenvalue weighted by Gasteiger charge is -2.27. The van der Waals surface area contributed by atoms with Crippen molar-refractivity contribution in [2.75, 3.05) is 12.0 Å². The average molecular weight is 340 g/mol. The molecule has 7 heteroatoms. The van der Waals surface area contributed by atoms with Gasteiger partial charge in [-0.3, -0.25) is 0 Å². The molecule has 1 heterocycles. The maximum atomic E-state index is 12.4. The standard InChI is InChI=1S/C17H12N2O4S/c1-23-17(20)12-6-8-13(9-7-12)19-11-14(10-18)24(21,22)16-5-3-2-4-15(16)19/h2-9,11H,1H3. The Morgan fingerprint density at radius 2 is 1.79 bits per heavy atom. The number of anilines is 2. The van der Waals surface area contributed by atoms with Gasteiger partial charge in [-0.2, -0.15) is 5.26 Å². The zero-order chi connectivity index (χ0) is 17.3. The van der Waals surface area contributed by atoms with E-state index in [0.29, 0.717) is 16.9 Å². The third kappa shape index (κ3) is 2.43. The molecule has 1 aliphatic rings. The normalized spacial score (nSPS) is 15.0. The molecule has 24 heavy (non-hydrogen) atoms.